The van der Waals surface area contributed by atoms with Crippen LogP contribution in [0.15, 0.2) is 46.2 Å². The molecule has 1 fully saturated rings. The number of benzene rings is 2. The zero-order valence-corrected chi connectivity index (χ0v) is 17.0. The van der Waals surface area contributed by atoms with E-state index in [1.807, 2.05) is 36.4 Å². The lowest BCUT2D eigenvalue weighted by Gasteiger charge is -2.15. The third-order valence-electron chi connectivity index (χ3n) is 4.18. The smallest absolute Gasteiger partial charge is 0.206 e. The molecule has 0 bridgehead atoms. The molecule has 1 heterocycles. The number of rotatable bonds is 7. The van der Waals surface area contributed by atoms with Gasteiger partial charge in [0.25, 0.3) is 0 Å². The Morgan fingerprint density at radius 3 is 2.59 bits per heavy atom. The van der Waals surface area contributed by atoms with Crippen LogP contribution in [0.1, 0.15) is 12.8 Å². The van der Waals surface area contributed by atoms with Crippen molar-refractivity contribution in [2.24, 2.45) is 5.14 Å². The van der Waals surface area contributed by atoms with E-state index in [0.717, 1.165) is 39.6 Å². The highest BCUT2D eigenvalue weighted by atomic mass is 32.2. The van der Waals surface area contributed by atoms with Crippen molar-refractivity contribution < 1.29 is 4.55 Å². The van der Waals surface area contributed by atoms with Crippen LogP contribution >= 0.6 is 23.9 Å². The summed E-state index contributed by atoms with van der Waals surface area (Å²) in [6.45, 7) is 0. The first-order valence-corrected chi connectivity index (χ1v) is 11.6. The van der Waals surface area contributed by atoms with Gasteiger partial charge in [-0.05, 0) is 88.5 Å². The summed E-state index contributed by atoms with van der Waals surface area (Å²) >= 11 is 1.64. The van der Waals surface area contributed by atoms with Gasteiger partial charge in [-0.1, -0.05) is 12.1 Å². The van der Waals surface area contributed by atoms with E-state index in [0.29, 0.717) is 15.6 Å². The molecule has 1 aromatic heterocycles. The molecule has 10 heteroatoms. The number of hydrogen-bond acceptors (Lipinski definition) is 8. The fraction of sp³-hybridized carbons (Fsp3) is 0.235. The monoisotopic (exact) mass is 418 g/mol. The largest absolute Gasteiger partial charge is 0.612 e. The maximum Gasteiger partial charge on any atom is 0.206 e. The molecule has 4 rings (SSSR count). The topological polar surface area (TPSA) is 116 Å². The van der Waals surface area contributed by atoms with Crippen molar-refractivity contribution in [3.8, 4) is 22.5 Å². The molecule has 140 valence electrons. The second-order valence-electron chi connectivity index (χ2n) is 6.12. The Morgan fingerprint density at radius 1 is 1.22 bits per heavy atom. The maximum absolute atomic E-state index is 12.1. The van der Waals surface area contributed by atoms with Crippen LogP contribution in [0.2, 0.25) is 0 Å². The van der Waals surface area contributed by atoms with Crippen LogP contribution in [0.25, 0.3) is 22.5 Å². The minimum absolute atomic E-state index is 0.428. The molecule has 4 N–H and O–H groups in total. The number of aromatic amines is 1. The molecule has 1 aliphatic rings. The van der Waals surface area contributed by atoms with Gasteiger partial charge in [-0.25, -0.2) is 0 Å². The second-order valence-corrected chi connectivity index (χ2v) is 9.22. The van der Waals surface area contributed by atoms with Gasteiger partial charge in [0.2, 0.25) is 5.82 Å². The molecule has 0 spiro atoms. The van der Waals surface area contributed by atoms with Crippen LogP contribution in [-0.2, 0) is 11.2 Å². The van der Waals surface area contributed by atoms with Crippen LogP contribution in [-0.4, -0.2) is 36.7 Å². The summed E-state index contributed by atoms with van der Waals surface area (Å²) in [5, 5.41) is 21.1. The van der Waals surface area contributed by atoms with Gasteiger partial charge in [0.1, 0.15) is 6.26 Å². The minimum atomic E-state index is -1.18. The Kier molecular flexibility index (Phi) is 5.60. The summed E-state index contributed by atoms with van der Waals surface area (Å²) < 4.78 is 15.5. The molecule has 27 heavy (non-hydrogen) atoms. The number of nitrogens with two attached hydrogens (primary N) is 1. The molecule has 0 aliphatic heterocycles. The van der Waals surface area contributed by atoms with E-state index >= 15 is 0 Å². The summed E-state index contributed by atoms with van der Waals surface area (Å²) in [5.41, 5.74) is 3.72. The summed E-state index contributed by atoms with van der Waals surface area (Å²) in [5.74, 6) is 0.428. The number of nitrogens with zero attached hydrogens (tertiary/aromatic N) is 3. The van der Waals surface area contributed by atoms with Crippen molar-refractivity contribution in [2.45, 2.75) is 27.9 Å². The lowest BCUT2D eigenvalue weighted by atomic mass is 9.99. The van der Waals surface area contributed by atoms with Crippen molar-refractivity contribution in [1.29, 1.82) is 0 Å². The summed E-state index contributed by atoms with van der Waals surface area (Å²) in [4.78, 5) is 1.35. The predicted molar refractivity (Wildman–Crippen MR) is 112 cm³/mol. The molecule has 1 unspecified atom stereocenters. The lowest BCUT2D eigenvalue weighted by Crippen LogP contribution is -2.04. The molecular weight excluding hydrogens is 400 g/mol. The molecule has 0 saturated heterocycles. The van der Waals surface area contributed by atoms with Crippen molar-refractivity contribution in [3.05, 3.63) is 36.4 Å². The van der Waals surface area contributed by atoms with Gasteiger partial charge in [-0.3, -0.25) is 5.14 Å². The predicted octanol–water partition coefficient (Wildman–Crippen LogP) is 3.46. The molecule has 0 radical (unpaired) electrons. The Balaban J connectivity index is 1.75. The minimum Gasteiger partial charge on any atom is -0.612 e. The van der Waals surface area contributed by atoms with Crippen molar-refractivity contribution in [3.63, 3.8) is 0 Å². The lowest BCUT2D eigenvalue weighted by molar-refractivity contribution is 0.599. The number of aromatic nitrogens is 4. The van der Waals surface area contributed by atoms with Gasteiger partial charge in [-0.2, -0.15) is 5.21 Å². The highest BCUT2D eigenvalue weighted by molar-refractivity contribution is 8.01. The molecule has 7 nitrogen and oxygen atoms in total. The average molecular weight is 419 g/mol. The van der Waals surface area contributed by atoms with Gasteiger partial charge in [0.15, 0.2) is 4.90 Å². The first-order chi connectivity index (χ1) is 13.2. The van der Waals surface area contributed by atoms with E-state index in [2.05, 4.69) is 25.3 Å². The quantitative estimate of drug-likeness (QED) is 0.395. The van der Waals surface area contributed by atoms with Crippen LogP contribution < -0.4 is 9.86 Å². The third kappa shape index (κ3) is 4.09. The fourth-order valence-electron chi connectivity index (χ4n) is 2.69. The Bertz CT molecular complexity index is 913. The first kappa shape index (κ1) is 18.6. The zero-order valence-electron chi connectivity index (χ0n) is 14.5. The highest BCUT2D eigenvalue weighted by Gasteiger charge is 2.24. The molecule has 1 atom stereocenters. The van der Waals surface area contributed by atoms with Crippen molar-refractivity contribution >= 4 is 40.8 Å². The van der Waals surface area contributed by atoms with Gasteiger partial charge in [0.05, 0.1) is 10.5 Å². The van der Waals surface area contributed by atoms with Crippen molar-refractivity contribution in [1.82, 2.24) is 20.6 Å². The number of tetrazole rings is 1. The first-order valence-electron chi connectivity index (χ1n) is 8.30. The van der Waals surface area contributed by atoms with Crippen LogP contribution in [0.4, 0.5) is 5.69 Å². The van der Waals surface area contributed by atoms with Crippen LogP contribution in [0.3, 0.4) is 0 Å². The van der Waals surface area contributed by atoms with Gasteiger partial charge in [0, 0.05) is 10.9 Å². The van der Waals surface area contributed by atoms with E-state index in [4.69, 9.17) is 5.14 Å². The van der Waals surface area contributed by atoms with E-state index in [1.165, 1.54) is 12.8 Å². The summed E-state index contributed by atoms with van der Waals surface area (Å²) in [6, 6.07) is 12.0. The molecule has 0 amide bonds. The van der Waals surface area contributed by atoms with E-state index in [1.54, 1.807) is 18.2 Å². The van der Waals surface area contributed by atoms with Crippen LogP contribution in [0.5, 0.6) is 0 Å². The molecule has 2 aromatic carbocycles. The number of hydrogen-bond donors (Lipinski definition) is 3. The van der Waals surface area contributed by atoms with E-state index in [-0.39, 0.29) is 0 Å². The van der Waals surface area contributed by atoms with Gasteiger partial charge < -0.3 is 9.27 Å². The average Bonchev–Trinajstić information content (AvgIpc) is 3.37. The Labute approximate surface area is 168 Å². The molecule has 3 aromatic rings. The van der Waals surface area contributed by atoms with E-state index < -0.39 is 11.2 Å². The van der Waals surface area contributed by atoms with Crippen LogP contribution in [0, 0.1) is 0 Å². The summed E-state index contributed by atoms with van der Waals surface area (Å²) in [7, 11) is 0. The zero-order chi connectivity index (χ0) is 18.8. The summed E-state index contributed by atoms with van der Waals surface area (Å²) in [6.07, 6.45) is 4.20. The fourth-order valence-corrected chi connectivity index (χ4v) is 5.13. The molecule has 1 saturated carbocycles. The van der Waals surface area contributed by atoms with E-state index in [9.17, 15) is 4.55 Å². The van der Waals surface area contributed by atoms with Crippen molar-refractivity contribution in [2.75, 3.05) is 11.0 Å². The standard InChI is InChI=1S/C17H18N6OS3/c1-27(24)14-9-8-13(15(16(14)25-18)17-19-22-23-20-17)10-2-4-11(5-3-10)21-26-12-6-7-12/h2-5,8-9,12,21H,6-7,18H2,1H3,(H,19,20,22,23). The SMILES string of the molecule is C[S+]([O-])c1ccc(-c2ccc(NSC3CC3)cc2)c(-c2nn[nH]n2)c1SN. The Morgan fingerprint density at radius 2 is 2.00 bits per heavy atom. The molecular formula is C17H18N6OS3. The highest BCUT2D eigenvalue weighted by Crippen LogP contribution is 2.41. The number of anilines is 1. The molecule has 1 aliphatic carbocycles. The van der Waals surface area contributed by atoms with Gasteiger partial charge in [-0.15, -0.1) is 10.2 Å². The second kappa shape index (κ2) is 8.11. The number of nitrogens with one attached hydrogen (secondary N) is 2. The van der Waals surface area contributed by atoms with Gasteiger partial charge >= 0.3 is 0 Å². The normalized spacial score (nSPS) is 14.9. The Hall–Kier alpha value is -1.72. The number of H-pyrrole nitrogens is 1. The maximum atomic E-state index is 12.1. The third-order valence-corrected chi connectivity index (χ3v) is 7.09.